The minimum atomic E-state index is -1.74. The quantitative estimate of drug-likeness (QED) is 0.748. The van der Waals surface area contributed by atoms with Crippen LogP contribution in [0.5, 0.6) is 0 Å². The van der Waals surface area contributed by atoms with Crippen molar-refractivity contribution < 1.29 is 14.6 Å². The Morgan fingerprint density at radius 1 is 1.13 bits per heavy atom. The lowest BCUT2D eigenvalue weighted by Crippen LogP contribution is -2.84. The van der Waals surface area contributed by atoms with E-state index in [2.05, 4.69) is 46.8 Å². The first-order valence-electron chi connectivity index (χ1n) is 8.71. The third-order valence-electron chi connectivity index (χ3n) is 6.92. The largest absolute Gasteiger partial charge is 0.835 e. The number of hydrogen-bond acceptors (Lipinski definition) is 3. The summed E-state index contributed by atoms with van der Waals surface area (Å²) in [5, 5.41) is 14.0. The van der Waals surface area contributed by atoms with Crippen molar-refractivity contribution in [1.29, 1.82) is 0 Å². The zero-order chi connectivity index (χ0) is 16.8. The van der Waals surface area contributed by atoms with E-state index in [1.165, 1.54) is 0 Å². The average Bonchev–Trinajstić information content (AvgIpc) is 2.61. The van der Waals surface area contributed by atoms with Gasteiger partial charge in [-0.15, -0.1) is 0 Å². The van der Waals surface area contributed by atoms with Crippen molar-refractivity contribution in [2.45, 2.75) is 76.4 Å². The number of benzene rings is 1. The van der Waals surface area contributed by atoms with Gasteiger partial charge >= 0.3 is 5.97 Å². The molecule has 3 aliphatic rings. The molecular weight excluding hydrogens is 288 g/mol. The normalized spacial score (nSPS) is 40.0. The second-order valence-electron chi connectivity index (χ2n) is 8.78. The molecule has 1 aliphatic heterocycles. The van der Waals surface area contributed by atoms with Crippen molar-refractivity contribution in [3.05, 3.63) is 34.9 Å². The molecule has 124 valence electrons. The highest BCUT2D eigenvalue weighted by molar-refractivity contribution is 5.93. The minimum Gasteiger partial charge on any atom is -0.835 e. The topological polar surface area (TPSA) is 49.4 Å². The molecule has 0 aromatic heterocycles. The molecule has 1 saturated heterocycles. The number of carbonyl (C=O) groups excluding carboxylic acids is 1. The van der Waals surface area contributed by atoms with Crippen LogP contribution in [0.1, 0.15) is 76.5 Å². The second kappa shape index (κ2) is 4.00. The van der Waals surface area contributed by atoms with Crippen LogP contribution in [0.25, 0.3) is 0 Å². The molecule has 2 aliphatic carbocycles. The summed E-state index contributed by atoms with van der Waals surface area (Å²) < 4.78 is 5.81. The van der Waals surface area contributed by atoms with Gasteiger partial charge < -0.3 is 9.84 Å². The van der Waals surface area contributed by atoms with Gasteiger partial charge in [0.05, 0.1) is 5.60 Å². The van der Waals surface area contributed by atoms with E-state index in [1.54, 1.807) is 0 Å². The standard InChI is InChI=1S/C20H25O3/c1-12(2)13-7-8-14-15(11-13)19(22)16(21)23-20(19)17(3,4)9-6-10-18(14,20)5/h7-8,11-12H,6,9-10H2,1-5H3/q-1/t18-,19?,20?/m1/s1. The Morgan fingerprint density at radius 2 is 1.83 bits per heavy atom. The van der Waals surface area contributed by atoms with Crippen molar-refractivity contribution in [3.8, 4) is 0 Å². The van der Waals surface area contributed by atoms with Crippen LogP contribution in [-0.2, 0) is 20.5 Å². The lowest BCUT2D eigenvalue weighted by Gasteiger charge is -2.70. The Hall–Kier alpha value is -1.35. The first kappa shape index (κ1) is 15.2. The zero-order valence-electron chi connectivity index (χ0n) is 14.7. The summed E-state index contributed by atoms with van der Waals surface area (Å²) >= 11 is 0. The fourth-order valence-corrected chi connectivity index (χ4v) is 5.80. The predicted molar refractivity (Wildman–Crippen MR) is 86.0 cm³/mol. The maximum absolute atomic E-state index is 14.0. The van der Waals surface area contributed by atoms with Crippen molar-refractivity contribution >= 4 is 5.97 Å². The van der Waals surface area contributed by atoms with Crippen LogP contribution in [0.3, 0.4) is 0 Å². The monoisotopic (exact) mass is 313 g/mol. The molecule has 3 heteroatoms. The Labute approximate surface area is 138 Å². The third-order valence-corrected chi connectivity index (χ3v) is 6.92. The lowest BCUT2D eigenvalue weighted by atomic mass is 9.48. The van der Waals surface area contributed by atoms with Crippen LogP contribution < -0.4 is 5.11 Å². The van der Waals surface area contributed by atoms with Gasteiger partial charge in [-0.05, 0) is 35.4 Å². The molecule has 2 fully saturated rings. The van der Waals surface area contributed by atoms with Crippen LogP contribution in [0.15, 0.2) is 18.2 Å². The number of rotatable bonds is 1. The molecule has 0 N–H and O–H groups in total. The zero-order valence-corrected chi connectivity index (χ0v) is 14.7. The Bertz CT molecular complexity index is 720. The molecule has 1 heterocycles. The van der Waals surface area contributed by atoms with E-state index >= 15 is 0 Å². The molecule has 3 atom stereocenters. The Morgan fingerprint density at radius 3 is 2.43 bits per heavy atom. The Balaban J connectivity index is 2.04. The summed E-state index contributed by atoms with van der Waals surface area (Å²) in [5.74, 6) is -0.252. The number of hydrogen-bond donors (Lipinski definition) is 0. The fraction of sp³-hybridized carbons (Fsp3) is 0.650. The van der Waals surface area contributed by atoms with Gasteiger partial charge in [0.1, 0.15) is 5.60 Å². The molecule has 4 rings (SSSR count). The highest BCUT2D eigenvalue weighted by atomic mass is 16.6. The second-order valence-corrected chi connectivity index (χ2v) is 8.78. The van der Waals surface area contributed by atoms with Crippen molar-refractivity contribution in [1.82, 2.24) is 0 Å². The van der Waals surface area contributed by atoms with Crippen molar-refractivity contribution in [2.75, 3.05) is 0 Å². The molecule has 1 aromatic carbocycles. The fourth-order valence-electron chi connectivity index (χ4n) is 5.80. The maximum Gasteiger partial charge on any atom is 0.304 e. The van der Waals surface area contributed by atoms with E-state index in [-0.39, 0.29) is 10.8 Å². The number of fused-ring (bicyclic) bond motifs is 3. The summed E-state index contributed by atoms with van der Waals surface area (Å²) in [6, 6.07) is 6.18. The first-order valence-corrected chi connectivity index (χ1v) is 8.71. The van der Waals surface area contributed by atoms with Crippen LogP contribution >= 0.6 is 0 Å². The summed E-state index contributed by atoms with van der Waals surface area (Å²) in [6.07, 6.45) is 2.89. The van der Waals surface area contributed by atoms with Crippen molar-refractivity contribution in [3.63, 3.8) is 0 Å². The van der Waals surface area contributed by atoms with Gasteiger partial charge in [-0.3, -0.25) is 4.79 Å². The Kier molecular flexibility index (Phi) is 2.64. The summed E-state index contributed by atoms with van der Waals surface area (Å²) in [7, 11) is 0. The van der Waals surface area contributed by atoms with Gasteiger partial charge in [-0.1, -0.05) is 59.2 Å². The minimum absolute atomic E-state index is 0.313. The number of ether oxygens (including phenoxy) is 1. The maximum atomic E-state index is 14.0. The van der Waals surface area contributed by atoms with Gasteiger partial charge in [0.15, 0.2) is 0 Å². The molecule has 1 saturated carbocycles. The van der Waals surface area contributed by atoms with Crippen LogP contribution in [0.4, 0.5) is 0 Å². The lowest BCUT2D eigenvalue weighted by molar-refractivity contribution is -0.551. The van der Waals surface area contributed by atoms with E-state index in [0.29, 0.717) is 11.5 Å². The molecule has 1 aromatic rings. The van der Waals surface area contributed by atoms with E-state index in [0.717, 1.165) is 30.4 Å². The molecule has 2 unspecified atom stereocenters. The average molecular weight is 313 g/mol. The molecule has 0 radical (unpaired) electrons. The highest BCUT2D eigenvalue weighted by Crippen LogP contribution is 2.72. The van der Waals surface area contributed by atoms with Gasteiger partial charge in [-0.2, -0.15) is 0 Å². The first-order chi connectivity index (χ1) is 10.6. The van der Waals surface area contributed by atoms with Gasteiger partial charge in [0.25, 0.3) is 0 Å². The number of carbonyl (C=O) groups is 1. The van der Waals surface area contributed by atoms with E-state index in [9.17, 15) is 9.90 Å². The summed E-state index contributed by atoms with van der Waals surface area (Å²) in [5.41, 5.74) is -0.546. The molecule has 0 bridgehead atoms. The van der Waals surface area contributed by atoms with Crippen LogP contribution in [0.2, 0.25) is 0 Å². The molecule has 1 spiro atoms. The van der Waals surface area contributed by atoms with E-state index in [4.69, 9.17) is 4.74 Å². The number of esters is 1. The van der Waals surface area contributed by atoms with Crippen LogP contribution in [0, 0.1) is 5.41 Å². The van der Waals surface area contributed by atoms with Crippen LogP contribution in [-0.4, -0.2) is 11.6 Å². The molecule has 23 heavy (non-hydrogen) atoms. The van der Waals surface area contributed by atoms with E-state index < -0.39 is 17.2 Å². The molecular formula is C20H25O3-. The van der Waals surface area contributed by atoms with Gasteiger partial charge in [0.2, 0.25) is 0 Å². The molecule has 3 nitrogen and oxygen atoms in total. The van der Waals surface area contributed by atoms with Gasteiger partial charge in [0, 0.05) is 10.8 Å². The highest BCUT2D eigenvalue weighted by Gasteiger charge is 2.80. The van der Waals surface area contributed by atoms with Crippen molar-refractivity contribution in [2.24, 2.45) is 5.41 Å². The third kappa shape index (κ3) is 1.32. The SMILES string of the molecule is CC(C)c1ccc2c(c1)C1([O-])C(=O)OC13C(C)(C)CCC[C@]23C. The summed E-state index contributed by atoms with van der Waals surface area (Å²) in [6.45, 7) is 10.6. The summed E-state index contributed by atoms with van der Waals surface area (Å²) in [4.78, 5) is 12.4. The van der Waals surface area contributed by atoms with Gasteiger partial charge in [-0.25, -0.2) is 0 Å². The predicted octanol–water partition coefficient (Wildman–Crippen LogP) is 3.14. The molecule has 0 amide bonds. The smallest absolute Gasteiger partial charge is 0.304 e. The van der Waals surface area contributed by atoms with E-state index in [1.807, 2.05) is 6.07 Å².